The van der Waals surface area contributed by atoms with Crippen LogP contribution < -0.4 is 10.2 Å². The maximum atomic E-state index is 13.7. The summed E-state index contributed by atoms with van der Waals surface area (Å²) >= 11 is 0. The van der Waals surface area contributed by atoms with Crippen molar-refractivity contribution in [2.75, 3.05) is 23.3 Å². The van der Waals surface area contributed by atoms with Gasteiger partial charge in [-0.1, -0.05) is 60.7 Å². The summed E-state index contributed by atoms with van der Waals surface area (Å²) < 4.78 is 28.0. The molecule has 0 aromatic heterocycles. The molecule has 202 valence electrons. The first-order chi connectivity index (χ1) is 19.3. The molecule has 0 bridgehead atoms. The summed E-state index contributed by atoms with van der Waals surface area (Å²) in [5.41, 5.74) is 3.46. The molecule has 4 aromatic rings. The van der Waals surface area contributed by atoms with E-state index in [4.69, 9.17) is 0 Å². The van der Waals surface area contributed by atoms with E-state index in [0.717, 1.165) is 11.1 Å². The van der Waals surface area contributed by atoms with Crippen LogP contribution in [0.5, 0.6) is 0 Å². The van der Waals surface area contributed by atoms with E-state index in [9.17, 15) is 23.1 Å². The first-order valence-corrected chi connectivity index (χ1v) is 14.4. The quantitative estimate of drug-likeness (QED) is 0.390. The van der Waals surface area contributed by atoms with E-state index >= 15 is 0 Å². The Kier molecular flexibility index (Phi) is 6.71. The van der Waals surface area contributed by atoms with Crippen LogP contribution in [-0.4, -0.2) is 54.9 Å². The molecule has 4 aromatic carbocycles. The Morgan fingerprint density at radius 1 is 0.800 bits per heavy atom. The summed E-state index contributed by atoms with van der Waals surface area (Å²) in [4.78, 5) is 28.4. The Hall–Kier alpha value is -4.31. The van der Waals surface area contributed by atoms with Gasteiger partial charge in [0.05, 0.1) is 11.8 Å². The first-order valence-electron chi connectivity index (χ1n) is 13.0. The maximum absolute atomic E-state index is 13.7. The fourth-order valence-electron chi connectivity index (χ4n) is 5.45. The van der Waals surface area contributed by atoms with Crippen molar-refractivity contribution in [2.24, 2.45) is 0 Å². The van der Waals surface area contributed by atoms with Gasteiger partial charge < -0.3 is 15.3 Å². The largest absolute Gasteiger partial charge is 0.392 e. The summed E-state index contributed by atoms with van der Waals surface area (Å²) in [6.07, 6.45) is -0.524. The van der Waals surface area contributed by atoms with E-state index in [1.165, 1.54) is 15.3 Å². The number of hydrogen-bond donors (Lipinski definition) is 2. The molecule has 2 heterocycles. The Labute approximate surface area is 232 Å². The Morgan fingerprint density at radius 2 is 1.48 bits per heavy atom. The van der Waals surface area contributed by atoms with Crippen molar-refractivity contribution < 1.29 is 23.1 Å². The Morgan fingerprint density at radius 3 is 2.25 bits per heavy atom. The van der Waals surface area contributed by atoms with Crippen molar-refractivity contribution in [1.29, 1.82) is 0 Å². The second-order valence-electron chi connectivity index (χ2n) is 9.94. The number of carbonyl (C=O) groups excluding carboxylic acids is 2. The van der Waals surface area contributed by atoms with Gasteiger partial charge in [-0.05, 0) is 60.0 Å². The smallest absolute Gasteiger partial charge is 0.258 e. The molecule has 2 aliphatic heterocycles. The van der Waals surface area contributed by atoms with Crippen LogP contribution in [0.2, 0.25) is 0 Å². The number of amides is 2. The third-order valence-electron chi connectivity index (χ3n) is 7.37. The zero-order valence-electron chi connectivity index (χ0n) is 21.5. The number of sulfonamides is 1. The molecule has 0 spiro atoms. The fourth-order valence-corrected chi connectivity index (χ4v) is 7.31. The number of nitrogens with one attached hydrogen (secondary N) is 1. The normalized spacial score (nSPS) is 19.8. The van der Waals surface area contributed by atoms with Crippen LogP contribution in [0.1, 0.15) is 27.1 Å². The number of carbonyl (C=O) groups is 2. The van der Waals surface area contributed by atoms with Gasteiger partial charge in [-0.15, -0.1) is 0 Å². The van der Waals surface area contributed by atoms with E-state index < -0.39 is 22.2 Å². The molecule has 0 unspecified atom stereocenters. The Balaban J connectivity index is 1.26. The van der Waals surface area contributed by atoms with Crippen LogP contribution in [0, 0.1) is 0 Å². The number of hydrogen-bond acceptors (Lipinski definition) is 5. The lowest BCUT2D eigenvalue weighted by Gasteiger charge is -2.25. The maximum Gasteiger partial charge on any atom is 0.258 e. The van der Waals surface area contributed by atoms with Gasteiger partial charge in [0.25, 0.3) is 11.8 Å². The highest BCUT2D eigenvalue weighted by molar-refractivity contribution is 7.89. The van der Waals surface area contributed by atoms with Crippen molar-refractivity contribution in [3.8, 4) is 11.1 Å². The minimum absolute atomic E-state index is 0.00512. The van der Waals surface area contributed by atoms with Gasteiger partial charge in [0.2, 0.25) is 10.0 Å². The zero-order chi connectivity index (χ0) is 27.9. The molecule has 8 nitrogen and oxygen atoms in total. The molecule has 9 heteroatoms. The van der Waals surface area contributed by atoms with Gasteiger partial charge in [-0.3, -0.25) is 9.59 Å². The minimum Gasteiger partial charge on any atom is -0.392 e. The highest BCUT2D eigenvalue weighted by Crippen LogP contribution is 2.37. The highest BCUT2D eigenvalue weighted by atomic mass is 32.2. The fraction of sp³-hybridized carbons (Fsp3) is 0.161. The average molecular weight is 554 g/mol. The summed E-state index contributed by atoms with van der Waals surface area (Å²) in [7, 11) is -3.88. The molecular weight excluding hydrogens is 526 g/mol. The molecule has 2 N–H and O–H groups in total. The lowest BCUT2D eigenvalue weighted by molar-refractivity contribution is 0.0981. The molecule has 1 fully saturated rings. The standard InChI is InChI=1S/C31H27N3O5S/c35-25-18-24-19-33(28-12-6-7-13-29(28)40(38,39)34(24)20-25)31(37)22-14-16-23(17-15-22)32-30(36)27-11-5-4-10-26(27)21-8-2-1-3-9-21/h1-17,24-25,35H,18-20H2,(H,32,36)/t24-,25-/m1/s1. The summed E-state index contributed by atoms with van der Waals surface area (Å²) in [6, 6.07) is 29.5. The van der Waals surface area contributed by atoms with E-state index in [0.29, 0.717) is 22.5 Å². The molecule has 0 radical (unpaired) electrons. The molecule has 2 aliphatic rings. The van der Waals surface area contributed by atoms with Crippen molar-refractivity contribution in [1.82, 2.24) is 4.31 Å². The van der Waals surface area contributed by atoms with Crippen molar-refractivity contribution >= 4 is 33.2 Å². The van der Waals surface area contributed by atoms with Crippen LogP contribution >= 0.6 is 0 Å². The van der Waals surface area contributed by atoms with Crippen LogP contribution in [0.4, 0.5) is 11.4 Å². The number of benzene rings is 4. The van der Waals surface area contributed by atoms with Gasteiger partial charge in [-0.25, -0.2) is 8.42 Å². The number of fused-ring (bicyclic) bond motifs is 2. The molecule has 0 saturated carbocycles. The van der Waals surface area contributed by atoms with Gasteiger partial charge in [0.1, 0.15) is 4.90 Å². The van der Waals surface area contributed by atoms with Gasteiger partial charge in [-0.2, -0.15) is 4.31 Å². The van der Waals surface area contributed by atoms with Gasteiger partial charge in [0, 0.05) is 35.9 Å². The lowest BCUT2D eigenvalue weighted by atomic mass is 9.99. The monoisotopic (exact) mass is 553 g/mol. The van der Waals surface area contributed by atoms with Crippen LogP contribution in [0.25, 0.3) is 11.1 Å². The summed E-state index contributed by atoms with van der Waals surface area (Å²) in [5, 5.41) is 13.1. The van der Waals surface area contributed by atoms with E-state index in [1.807, 2.05) is 48.5 Å². The van der Waals surface area contributed by atoms with Crippen LogP contribution in [0.3, 0.4) is 0 Å². The van der Waals surface area contributed by atoms with Crippen LogP contribution in [0.15, 0.2) is 108 Å². The molecule has 2 atom stereocenters. The number of aliphatic hydroxyl groups excluding tert-OH is 1. The average Bonchev–Trinajstić information content (AvgIpc) is 3.33. The predicted octanol–water partition coefficient (Wildman–Crippen LogP) is 4.39. The topological polar surface area (TPSA) is 107 Å². The molecular formula is C31H27N3O5S. The van der Waals surface area contributed by atoms with E-state index in [-0.39, 0.29) is 36.2 Å². The predicted molar refractivity (Wildman–Crippen MR) is 153 cm³/mol. The van der Waals surface area contributed by atoms with Gasteiger partial charge >= 0.3 is 0 Å². The van der Waals surface area contributed by atoms with Crippen molar-refractivity contribution in [3.63, 3.8) is 0 Å². The second-order valence-corrected chi connectivity index (χ2v) is 11.8. The minimum atomic E-state index is -3.88. The third kappa shape index (κ3) is 4.68. The number of rotatable bonds is 4. The molecule has 40 heavy (non-hydrogen) atoms. The number of aliphatic hydroxyl groups is 1. The highest BCUT2D eigenvalue weighted by Gasteiger charge is 2.45. The van der Waals surface area contributed by atoms with Crippen LogP contribution in [-0.2, 0) is 10.0 Å². The Bertz CT molecular complexity index is 1690. The zero-order valence-corrected chi connectivity index (χ0v) is 22.3. The third-order valence-corrected chi connectivity index (χ3v) is 9.34. The summed E-state index contributed by atoms with van der Waals surface area (Å²) in [6.45, 7) is 0.131. The van der Waals surface area contributed by atoms with E-state index in [1.54, 1.807) is 48.5 Å². The molecule has 2 amide bonds. The second kappa shape index (κ2) is 10.3. The van der Waals surface area contributed by atoms with Gasteiger partial charge in [0.15, 0.2) is 0 Å². The van der Waals surface area contributed by atoms with Crippen molar-refractivity contribution in [3.05, 3.63) is 114 Å². The number of para-hydroxylation sites is 1. The molecule has 6 rings (SSSR count). The number of nitrogens with zero attached hydrogens (tertiary/aromatic N) is 2. The van der Waals surface area contributed by atoms with Crippen molar-refractivity contribution in [2.45, 2.75) is 23.5 Å². The molecule has 1 saturated heterocycles. The molecule has 0 aliphatic carbocycles. The SMILES string of the molecule is O=C(Nc1ccc(C(=O)N2C[C@H]3C[C@@H](O)CN3S(=O)(=O)c3ccccc32)cc1)c1ccccc1-c1ccccc1. The lowest BCUT2D eigenvalue weighted by Crippen LogP contribution is -2.42. The number of anilines is 2. The first kappa shape index (κ1) is 25.9. The summed E-state index contributed by atoms with van der Waals surface area (Å²) in [5.74, 6) is -0.636. The van der Waals surface area contributed by atoms with E-state index in [2.05, 4.69) is 5.32 Å².